The zero-order valence-electron chi connectivity index (χ0n) is 10.6. The summed E-state index contributed by atoms with van der Waals surface area (Å²) in [6.45, 7) is 0. The molecule has 0 saturated carbocycles. The van der Waals surface area contributed by atoms with Crippen LogP contribution in [-0.4, -0.2) is 14.1 Å². The molecule has 1 unspecified atom stereocenters. The van der Waals surface area contributed by atoms with E-state index in [1.807, 2.05) is 26.2 Å². The van der Waals surface area contributed by atoms with Gasteiger partial charge in [-0.25, -0.2) is 0 Å². The van der Waals surface area contributed by atoms with Gasteiger partial charge in [-0.2, -0.15) is 0 Å². The Morgan fingerprint density at radius 3 is 2.28 bits per heavy atom. The SMILES string of the molecule is CNc1cccc(C(NC)c2ccc(Cl)cc2)c1. The monoisotopic (exact) mass is 260 g/mol. The standard InChI is InChI=1S/C15H17ClN2/c1-17-14-5-3-4-12(10-14)15(18-2)11-6-8-13(16)9-7-11/h3-10,15,17-18H,1-2H3. The van der Waals surface area contributed by atoms with Crippen LogP contribution in [0.25, 0.3) is 0 Å². The van der Waals surface area contributed by atoms with Gasteiger partial charge >= 0.3 is 0 Å². The predicted molar refractivity (Wildman–Crippen MR) is 78.3 cm³/mol. The van der Waals surface area contributed by atoms with Gasteiger partial charge in [0.15, 0.2) is 0 Å². The fourth-order valence-corrected chi connectivity index (χ4v) is 2.18. The average Bonchev–Trinajstić information content (AvgIpc) is 2.42. The molecule has 0 fully saturated rings. The van der Waals surface area contributed by atoms with Crippen LogP contribution in [0.5, 0.6) is 0 Å². The Labute approximate surface area is 113 Å². The van der Waals surface area contributed by atoms with Crippen LogP contribution < -0.4 is 10.6 Å². The number of anilines is 1. The van der Waals surface area contributed by atoms with Crippen LogP contribution in [0.4, 0.5) is 5.69 Å². The maximum atomic E-state index is 5.92. The normalized spacial score (nSPS) is 12.2. The highest BCUT2D eigenvalue weighted by Gasteiger charge is 2.11. The molecule has 0 radical (unpaired) electrons. The highest BCUT2D eigenvalue weighted by atomic mass is 35.5. The molecular formula is C15H17ClN2. The summed E-state index contributed by atoms with van der Waals surface area (Å²) in [5, 5.41) is 7.25. The van der Waals surface area contributed by atoms with Crippen molar-refractivity contribution in [1.29, 1.82) is 0 Å². The van der Waals surface area contributed by atoms with Gasteiger partial charge in [0.1, 0.15) is 0 Å². The minimum absolute atomic E-state index is 0.176. The molecule has 2 nitrogen and oxygen atoms in total. The Balaban J connectivity index is 2.35. The molecule has 1 atom stereocenters. The number of halogens is 1. The number of hydrogen-bond acceptors (Lipinski definition) is 2. The molecule has 94 valence electrons. The minimum atomic E-state index is 0.176. The molecule has 2 N–H and O–H groups in total. The van der Waals surface area contributed by atoms with Crippen molar-refractivity contribution in [3.05, 3.63) is 64.7 Å². The fourth-order valence-electron chi connectivity index (χ4n) is 2.05. The summed E-state index contributed by atoms with van der Waals surface area (Å²) in [5.74, 6) is 0. The zero-order valence-corrected chi connectivity index (χ0v) is 11.3. The summed E-state index contributed by atoms with van der Waals surface area (Å²) < 4.78 is 0. The molecule has 3 heteroatoms. The van der Waals surface area contributed by atoms with Crippen LogP contribution in [0.3, 0.4) is 0 Å². The molecule has 0 spiro atoms. The van der Waals surface area contributed by atoms with Gasteiger partial charge in [0.2, 0.25) is 0 Å². The number of rotatable bonds is 4. The molecule has 0 saturated heterocycles. The maximum Gasteiger partial charge on any atom is 0.0575 e. The Bertz CT molecular complexity index is 508. The molecule has 2 rings (SSSR count). The predicted octanol–water partition coefficient (Wildman–Crippen LogP) is 3.69. The third-order valence-corrected chi connectivity index (χ3v) is 3.25. The molecule has 0 heterocycles. The highest BCUT2D eigenvalue weighted by molar-refractivity contribution is 6.30. The smallest absolute Gasteiger partial charge is 0.0575 e. The quantitative estimate of drug-likeness (QED) is 0.876. The van der Waals surface area contributed by atoms with E-state index in [4.69, 9.17) is 11.6 Å². The second kappa shape index (κ2) is 5.89. The molecule has 0 amide bonds. The molecule has 2 aromatic carbocycles. The van der Waals surface area contributed by atoms with E-state index in [0.717, 1.165) is 10.7 Å². The largest absolute Gasteiger partial charge is 0.388 e. The van der Waals surface area contributed by atoms with E-state index in [1.54, 1.807) is 0 Å². The van der Waals surface area contributed by atoms with Gasteiger partial charge in [-0.1, -0.05) is 35.9 Å². The summed E-state index contributed by atoms with van der Waals surface area (Å²) in [6, 6.07) is 16.5. The Kier molecular flexibility index (Phi) is 4.24. The number of hydrogen-bond donors (Lipinski definition) is 2. The first kappa shape index (κ1) is 12.9. The Morgan fingerprint density at radius 1 is 0.944 bits per heavy atom. The van der Waals surface area contributed by atoms with Crippen LogP contribution in [0.1, 0.15) is 17.2 Å². The van der Waals surface area contributed by atoms with Gasteiger partial charge in [0.25, 0.3) is 0 Å². The number of benzene rings is 2. The van der Waals surface area contributed by atoms with E-state index in [-0.39, 0.29) is 6.04 Å². The molecule has 0 aromatic heterocycles. The van der Waals surface area contributed by atoms with Gasteiger partial charge in [-0.3, -0.25) is 0 Å². The van der Waals surface area contributed by atoms with Crippen molar-refractivity contribution < 1.29 is 0 Å². The molecular weight excluding hydrogens is 244 g/mol. The third-order valence-electron chi connectivity index (χ3n) is 3.00. The molecule has 0 aliphatic heterocycles. The minimum Gasteiger partial charge on any atom is -0.388 e. The van der Waals surface area contributed by atoms with Crippen LogP contribution in [0.2, 0.25) is 5.02 Å². The zero-order chi connectivity index (χ0) is 13.0. The van der Waals surface area contributed by atoms with E-state index < -0.39 is 0 Å². The van der Waals surface area contributed by atoms with Crippen molar-refractivity contribution in [1.82, 2.24) is 5.32 Å². The van der Waals surface area contributed by atoms with Crippen molar-refractivity contribution in [2.45, 2.75) is 6.04 Å². The molecule has 2 aromatic rings. The van der Waals surface area contributed by atoms with Gasteiger partial charge in [-0.05, 0) is 42.4 Å². The molecule has 0 bridgehead atoms. The van der Waals surface area contributed by atoms with E-state index >= 15 is 0 Å². The lowest BCUT2D eigenvalue weighted by Crippen LogP contribution is -2.17. The first-order valence-corrected chi connectivity index (χ1v) is 6.33. The van der Waals surface area contributed by atoms with Crippen molar-refractivity contribution in [3.63, 3.8) is 0 Å². The van der Waals surface area contributed by atoms with Gasteiger partial charge in [0, 0.05) is 17.8 Å². The summed E-state index contributed by atoms with van der Waals surface area (Å²) in [4.78, 5) is 0. The van der Waals surface area contributed by atoms with Gasteiger partial charge in [-0.15, -0.1) is 0 Å². The van der Waals surface area contributed by atoms with E-state index in [9.17, 15) is 0 Å². The summed E-state index contributed by atoms with van der Waals surface area (Å²) in [7, 11) is 3.89. The van der Waals surface area contributed by atoms with Gasteiger partial charge in [0.05, 0.1) is 6.04 Å². The molecule has 0 aliphatic carbocycles. The lowest BCUT2D eigenvalue weighted by molar-refractivity contribution is 0.692. The lowest BCUT2D eigenvalue weighted by Gasteiger charge is -2.18. The molecule has 18 heavy (non-hydrogen) atoms. The van der Waals surface area contributed by atoms with Crippen LogP contribution >= 0.6 is 11.6 Å². The third kappa shape index (κ3) is 2.84. The Hall–Kier alpha value is -1.51. The van der Waals surface area contributed by atoms with Crippen molar-refractivity contribution in [2.24, 2.45) is 0 Å². The van der Waals surface area contributed by atoms with Gasteiger partial charge < -0.3 is 10.6 Å². The molecule has 0 aliphatic rings. The lowest BCUT2D eigenvalue weighted by atomic mass is 9.98. The second-order valence-corrected chi connectivity index (χ2v) is 4.59. The van der Waals surface area contributed by atoms with E-state index in [1.165, 1.54) is 11.1 Å². The fraction of sp³-hybridized carbons (Fsp3) is 0.200. The van der Waals surface area contributed by atoms with Crippen LogP contribution in [-0.2, 0) is 0 Å². The summed E-state index contributed by atoms with van der Waals surface area (Å²) >= 11 is 5.92. The average molecular weight is 261 g/mol. The first-order valence-electron chi connectivity index (χ1n) is 5.95. The van der Waals surface area contributed by atoms with Crippen molar-refractivity contribution in [2.75, 3.05) is 19.4 Å². The summed E-state index contributed by atoms with van der Waals surface area (Å²) in [5.41, 5.74) is 3.54. The topological polar surface area (TPSA) is 24.1 Å². The van der Waals surface area contributed by atoms with Crippen molar-refractivity contribution in [3.8, 4) is 0 Å². The first-order chi connectivity index (χ1) is 8.74. The number of nitrogens with one attached hydrogen (secondary N) is 2. The maximum absolute atomic E-state index is 5.92. The highest BCUT2D eigenvalue weighted by Crippen LogP contribution is 2.25. The van der Waals surface area contributed by atoms with E-state index in [0.29, 0.717) is 0 Å². The Morgan fingerprint density at radius 2 is 1.67 bits per heavy atom. The second-order valence-electron chi connectivity index (χ2n) is 4.15. The summed E-state index contributed by atoms with van der Waals surface area (Å²) in [6.07, 6.45) is 0. The van der Waals surface area contributed by atoms with Crippen LogP contribution in [0.15, 0.2) is 48.5 Å². The van der Waals surface area contributed by atoms with Crippen LogP contribution in [0, 0.1) is 0 Å². The van der Waals surface area contributed by atoms with E-state index in [2.05, 4.69) is 47.0 Å². The van der Waals surface area contributed by atoms with Crippen molar-refractivity contribution >= 4 is 17.3 Å².